The number of ether oxygens (including phenoxy) is 1. The number of anilines is 3. The number of piperazine rings is 1. The molecule has 0 radical (unpaired) electrons. The molecule has 11 nitrogen and oxygen atoms in total. The van der Waals surface area contributed by atoms with Gasteiger partial charge in [-0.15, -0.1) is 0 Å². The Hall–Kier alpha value is -3.90. The first-order valence-corrected chi connectivity index (χ1v) is 13.8. The van der Waals surface area contributed by atoms with Gasteiger partial charge in [0.2, 0.25) is 0 Å². The zero-order valence-corrected chi connectivity index (χ0v) is 22.5. The van der Waals surface area contributed by atoms with Crippen LogP contribution in [0.5, 0.6) is 0 Å². The Labute approximate surface area is 230 Å². The van der Waals surface area contributed by atoms with E-state index in [9.17, 15) is 9.59 Å². The molecule has 1 saturated carbocycles. The maximum absolute atomic E-state index is 15.7. The van der Waals surface area contributed by atoms with Gasteiger partial charge in [-0.25, -0.2) is 24.1 Å². The number of aryl methyl sites for hydroxylation is 1. The van der Waals surface area contributed by atoms with Crippen molar-refractivity contribution in [3.63, 3.8) is 0 Å². The molecule has 7 rings (SSSR count). The second-order valence-electron chi connectivity index (χ2n) is 10.9. The van der Waals surface area contributed by atoms with Crippen molar-refractivity contribution in [1.29, 1.82) is 0 Å². The molecule has 2 saturated heterocycles. The zero-order chi connectivity index (χ0) is 27.5. The summed E-state index contributed by atoms with van der Waals surface area (Å²) in [5.74, 6) is 0.756. The molecule has 1 aromatic carbocycles. The number of amides is 3. The maximum Gasteiger partial charge on any atom is 0.327 e. The first-order valence-electron chi connectivity index (χ1n) is 13.8. The molecule has 3 fully saturated rings. The van der Waals surface area contributed by atoms with E-state index in [1.165, 1.54) is 11.2 Å². The number of benzene rings is 1. The molecule has 40 heavy (non-hydrogen) atoms. The van der Waals surface area contributed by atoms with E-state index in [2.05, 4.69) is 35.4 Å². The van der Waals surface area contributed by atoms with Gasteiger partial charge in [-0.05, 0) is 32.0 Å². The summed E-state index contributed by atoms with van der Waals surface area (Å²) in [5.41, 5.74) is 3.50. The van der Waals surface area contributed by atoms with E-state index >= 15 is 4.39 Å². The molecule has 0 spiro atoms. The summed E-state index contributed by atoms with van der Waals surface area (Å²) in [6, 6.07) is 5.34. The van der Waals surface area contributed by atoms with E-state index in [0.717, 1.165) is 50.8 Å². The summed E-state index contributed by atoms with van der Waals surface area (Å²) in [7, 11) is 0. The van der Waals surface area contributed by atoms with Crippen molar-refractivity contribution in [3.8, 4) is 0 Å². The number of hydrogen-bond donors (Lipinski definition) is 2. The number of urea groups is 1. The third-order valence-electron chi connectivity index (χ3n) is 8.62. The number of nitrogens with one attached hydrogen (secondary N) is 2. The highest BCUT2D eigenvalue weighted by molar-refractivity contribution is 6.17. The molecule has 0 bridgehead atoms. The van der Waals surface area contributed by atoms with Gasteiger partial charge in [-0.3, -0.25) is 14.6 Å². The minimum Gasteiger partial charge on any atom is -0.381 e. The molecule has 208 valence electrons. The smallest absolute Gasteiger partial charge is 0.327 e. The maximum atomic E-state index is 15.7. The second-order valence-corrected chi connectivity index (χ2v) is 10.9. The fourth-order valence-corrected chi connectivity index (χ4v) is 6.32. The van der Waals surface area contributed by atoms with Crippen molar-refractivity contribution in [2.75, 3.05) is 61.1 Å². The van der Waals surface area contributed by atoms with Gasteiger partial charge >= 0.3 is 6.03 Å². The van der Waals surface area contributed by atoms with Crippen molar-refractivity contribution in [2.45, 2.75) is 26.4 Å². The molecule has 5 heterocycles. The van der Waals surface area contributed by atoms with Gasteiger partial charge in [-0.1, -0.05) is 0 Å². The van der Waals surface area contributed by atoms with Crippen LogP contribution in [0.3, 0.4) is 0 Å². The van der Waals surface area contributed by atoms with Gasteiger partial charge in [0.15, 0.2) is 5.82 Å². The Balaban J connectivity index is 1.02. The summed E-state index contributed by atoms with van der Waals surface area (Å²) in [6.45, 7) is 9.01. The molecule has 3 aromatic rings. The number of halogens is 1. The van der Waals surface area contributed by atoms with Crippen LogP contribution < -0.4 is 20.4 Å². The molecule has 3 atom stereocenters. The van der Waals surface area contributed by atoms with Crippen molar-refractivity contribution >= 4 is 40.0 Å². The van der Waals surface area contributed by atoms with Crippen LogP contribution in [0, 0.1) is 24.6 Å². The van der Waals surface area contributed by atoms with Crippen LogP contribution in [0.15, 0.2) is 24.5 Å². The fraction of sp³-hybridized carbons (Fsp3) is 0.464. The quantitative estimate of drug-likeness (QED) is 0.485. The molecule has 4 aliphatic rings. The van der Waals surface area contributed by atoms with E-state index in [0.29, 0.717) is 52.9 Å². The minimum absolute atomic E-state index is 0.133. The molecule has 3 aliphatic heterocycles. The SMILES string of the molecule is CCN1C(=O)Nc2c(F)c(CN3CCN(c4ccc(C(=O)N[C@H]5[C@@H]6COC[C@@H]65)nc4C)CC3)cc3ncnc1c23. The van der Waals surface area contributed by atoms with Gasteiger partial charge in [0.05, 0.1) is 41.2 Å². The third kappa shape index (κ3) is 4.13. The van der Waals surface area contributed by atoms with E-state index in [1.807, 2.05) is 19.9 Å². The molecule has 2 aromatic heterocycles. The molecular weight excluding hydrogens is 515 g/mol. The van der Waals surface area contributed by atoms with Crippen molar-refractivity contribution in [3.05, 3.63) is 47.3 Å². The van der Waals surface area contributed by atoms with Crippen molar-refractivity contribution in [2.24, 2.45) is 11.8 Å². The predicted octanol–water partition coefficient (Wildman–Crippen LogP) is 2.54. The highest BCUT2D eigenvalue weighted by Gasteiger charge is 2.54. The Bertz CT molecular complexity index is 1520. The van der Waals surface area contributed by atoms with Gasteiger partial charge in [0.1, 0.15) is 17.8 Å². The Morgan fingerprint density at radius 2 is 1.95 bits per heavy atom. The van der Waals surface area contributed by atoms with Crippen molar-refractivity contribution in [1.82, 2.24) is 25.2 Å². The molecule has 1 aliphatic carbocycles. The first kappa shape index (κ1) is 25.1. The van der Waals surface area contributed by atoms with Crippen LogP contribution in [0.25, 0.3) is 10.9 Å². The van der Waals surface area contributed by atoms with Crippen LogP contribution in [0.4, 0.5) is 26.4 Å². The lowest BCUT2D eigenvalue weighted by Crippen LogP contribution is -2.46. The fourth-order valence-electron chi connectivity index (χ4n) is 6.32. The number of carbonyl (C=O) groups is 2. The summed E-state index contributed by atoms with van der Waals surface area (Å²) in [5, 5.41) is 6.34. The number of fused-ring (bicyclic) bond motifs is 1. The number of nitrogens with zero attached hydrogens (tertiary/aromatic N) is 6. The number of aromatic nitrogens is 3. The Morgan fingerprint density at radius 3 is 2.67 bits per heavy atom. The predicted molar refractivity (Wildman–Crippen MR) is 147 cm³/mol. The number of hydrogen-bond acceptors (Lipinski definition) is 8. The average molecular weight is 547 g/mol. The highest BCUT2D eigenvalue weighted by atomic mass is 19.1. The van der Waals surface area contributed by atoms with Gasteiger partial charge in [0.25, 0.3) is 5.91 Å². The normalized spacial score (nSPS) is 23.8. The topological polar surface area (TPSA) is 116 Å². The molecule has 3 amide bonds. The largest absolute Gasteiger partial charge is 0.381 e. The summed E-state index contributed by atoms with van der Waals surface area (Å²) >= 11 is 0. The van der Waals surface area contributed by atoms with Crippen molar-refractivity contribution < 1.29 is 18.7 Å². The number of carbonyl (C=O) groups excluding carboxylic acids is 2. The van der Waals surface area contributed by atoms with Crippen LogP contribution in [-0.2, 0) is 11.3 Å². The Kier molecular flexibility index (Phi) is 6.04. The zero-order valence-electron chi connectivity index (χ0n) is 22.5. The monoisotopic (exact) mass is 546 g/mol. The van der Waals surface area contributed by atoms with E-state index in [4.69, 9.17) is 4.74 Å². The summed E-state index contributed by atoms with van der Waals surface area (Å²) in [4.78, 5) is 44.4. The molecule has 12 heteroatoms. The first-order chi connectivity index (χ1) is 19.4. The molecular formula is C28H31FN8O3. The van der Waals surface area contributed by atoms with E-state index in [1.54, 1.807) is 12.1 Å². The minimum atomic E-state index is -0.439. The highest BCUT2D eigenvalue weighted by Crippen LogP contribution is 2.44. The average Bonchev–Trinajstić information content (AvgIpc) is 3.35. The van der Waals surface area contributed by atoms with Crippen LogP contribution in [-0.4, -0.2) is 83.8 Å². The second kappa shape index (κ2) is 9.63. The van der Waals surface area contributed by atoms with Gasteiger partial charge in [-0.2, -0.15) is 0 Å². The summed E-state index contributed by atoms with van der Waals surface area (Å²) in [6.07, 6.45) is 1.42. The number of pyridine rings is 1. The lowest BCUT2D eigenvalue weighted by atomic mass is 10.1. The lowest BCUT2D eigenvalue weighted by Gasteiger charge is -2.37. The molecule has 0 unspecified atom stereocenters. The number of rotatable bonds is 6. The van der Waals surface area contributed by atoms with Gasteiger partial charge in [0, 0.05) is 62.7 Å². The third-order valence-corrected chi connectivity index (χ3v) is 8.62. The standard InChI is InChI=1S/C28H31FN8O3/c1-3-37-26-22-20(30-14-31-26)10-16(23(29)25(22)34-28(37)39)11-35-6-8-36(9-7-35)21-5-4-19(32-15(21)2)27(38)33-24-17-12-40-13-18(17)24/h4-5,10,14,17-18,24H,3,6-9,11-13H2,1-2H3,(H,33,38)(H,34,39)/t17-,18+,24+. The summed E-state index contributed by atoms with van der Waals surface area (Å²) < 4.78 is 21.1. The van der Waals surface area contributed by atoms with E-state index in [-0.39, 0.29) is 17.6 Å². The van der Waals surface area contributed by atoms with Crippen LogP contribution >= 0.6 is 0 Å². The van der Waals surface area contributed by atoms with Crippen LogP contribution in [0.1, 0.15) is 28.7 Å². The lowest BCUT2D eigenvalue weighted by molar-refractivity contribution is 0.0923. The Morgan fingerprint density at radius 1 is 1.18 bits per heavy atom. The van der Waals surface area contributed by atoms with Crippen LogP contribution in [0.2, 0.25) is 0 Å². The van der Waals surface area contributed by atoms with E-state index < -0.39 is 11.8 Å². The molecule has 2 N–H and O–H groups in total. The van der Waals surface area contributed by atoms with Gasteiger partial charge < -0.3 is 20.3 Å².